The van der Waals surface area contributed by atoms with Gasteiger partial charge in [0.25, 0.3) is 10.1 Å². The lowest BCUT2D eigenvalue weighted by molar-refractivity contribution is 0.142. The molecule has 9 heteroatoms. The van der Waals surface area contributed by atoms with Gasteiger partial charge < -0.3 is 14.7 Å². The number of nitrogens with zero attached hydrogens (tertiary/aromatic N) is 5. The fourth-order valence-electron chi connectivity index (χ4n) is 4.00. The highest BCUT2D eigenvalue weighted by atomic mass is 32.2. The second-order valence-corrected chi connectivity index (χ2v) is 9.15. The Bertz CT molecular complexity index is 722. The number of hydrogen-bond donors (Lipinski definition) is 0. The van der Waals surface area contributed by atoms with Crippen LogP contribution in [-0.4, -0.2) is 81.3 Å². The van der Waals surface area contributed by atoms with Crippen molar-refractivity contribution in [3.05, 3.63) is 11.4 Å². The topological polar surface area (TPSA) is 101 Å². The van der Waals surface area contributed by atoms with Crippen molar-refractivity contribution in [2.24, 2.45) is 0 Å². The molecule has 1 atom stereocenters. The van der Waals surface area contributed by atoms with Crippen LogP contribution in [0.25, 0.3) is 0 Å². The van der Waals surface area contributed by atoms with E-state index in [9.17, 15) is 18.9 Å². The summed E-state index contributed by atoms with van der Waals surface area (Å²) in [5.74, 6) is 0.685. The third kappa shape index (κ3) is 6.66. The lowest BCUT2D eigenvalue weighted by Crippen LogP contribution is -2.45. The van der Waals surface area contributed by atoms with Gasteiger partial charge in [-0.25, -0.2) is 0 Å². The molecule has 2 aliphatic heterocycles. The first kappa shape index (κ1) is 22.5. The molecule has 1 unspecified atom stereocenters. The van der Waals surface area contributed by atoms with Crippen molar-refractivity contribution in [2.75, 3.05) is 52.1 Å². The molecule has 0 aliphatic carbocycles. The summed E-state index contributed by atoms with van der Waals surface area (Å²) in [4.78, 5) is 6.67. The van der Waals surface area contributed by atoms with Crippen molar-refractivity contribution in [3.8, 4) is 12.1 Å². The molecule has 8 nitrogen and oxygen atoms in total. The molecular weight excluding hydrogens is 378 g/mol. The van der Waals surface area contributed by atoms with Gasteiger partial charge in [0.1, 0.15) is 18.0 Å². The molecule has 2 aliphatic rings. The molecule has 0 radical (unpaired) electrons. The maximum atomic E-state index is 11.1. The van der Waals surface area contributed by atoms with Crippen LogP contribution >= 0.6 is 0 Å². The Kier molecular flexibility index (Phi) is 8.56. The fourth-order valence-corrected chi connectivity index (χ4v) is 4.42. The minimum Gasteiger partial charge on any atom is -0.356 e. The van der Waals surface area contributed by atoms with Gasteiger partial charge in [0.05, 0.1) is 12.9 Å². The van der Waals surface area contributed by atoms with Gasteiger partial charge in [-0.3, -0.25) is 4.18 Å². The molecule has 2 fully saturated rings. The first-order valence-corrected chi connectivity index (χ1v) is 11.8. The SMILES string of the molecule is CC1CCCN1CCCN1CCCN(CCCOS(C)(=O)=O)C1=C(C#N)C#N. The summed E-state index contributed by atoms with van der Waals surface area (Å²) in [7, 11) is -3.45. The Balaban J connectivity index is 1.98. The van der Waals surface area contributed by atoms with Crippen LogP contribution in [-0.2, 0) is 14.3 Å². The van der Waals surface area contributed by atoms with Crippen LogP contribution in [0.3, 0.4) is 0 Å². The predicted molar refractivity (Wildman–Crippen MR) is 106 cm³/mol. The summed E-state index contributed by atoms with van der Waals surface area (Å²) in [6.07, 6.45) is 5.99. The number of rotatable bonds is 9. The smallest absolute Gasteiger partial charge is 0.264 e. The van der Waals surface area contributed by atoms with Crippen LogP contribution < -0.4 is 0 Å². The van der Waals surface area contributed by atoms with Crippen molar-refractivity contribution in [1.29, 1.82) is 10.5 Å². The summed E-state index contributed by atoms with van der Waals surface area (Å²) >= 11 is 0. The van der Waals surface area contributed by atoms with E-state index in [0.717, 1.165) is 51.8 Å². The molecule has 2 heterocycles. The van der Waals surface area contributed by atoms with Gasteiger partial charge in [-0.05, 0) is 45.6 Å². The minimum atomic E-state index is -3.45. The third-order valence-electron chi connectivity index (χ3n) is 5.34. The van der Waals surface area contributed by atoms with Crippen LogP contribution in [0.1, 0.15) is 39.0 Å². The van der Waals surface area contributed by atoms with Gasteiger partial charge in [-0.2, -0.15) is 18.9 Å². The Morgan fingerprint density at radius 3 is 2.25 bits per heavy atom. The third-order valence-corrected chi connectivity index (χ3v) is 5.93. The molecule has 28 heavy (non-hydrogen) atoms. The van der Waals surface area contributed by atoms with E-state index < -0.39 is 10.1 Å². The lowest BCUT2D eigenvalue weighted by Gasteiger charge is -2.41. The molecule has 0 N–H and O–H groups in total. The van der Waals surface area contributed by atoms with Gasteiger partial charge in [0, 0.05) is 38.8 Å². The van der Waals surface area contributed by atoms with Gasteiger partial charge in [0.2, 0.25) is 0 Å². The van der Waals surface area contributed by atoms with E-state index in [-0.39, 0.29) is 12.2 Å². The van der Waals surface area contributed by atoms with E-state index in [1.165, 1.54) is 12.8 Å². The molecule has 0 saturated carbocycles. The quantitative estimate of drug-likeness (QED) is 0.321. The molecule has 2 saturated heterocycles. The number of likely N-dealkylation sites (tertiary alicyclic amines) is 1. The van der Waals surface area contributed by atoms with Gasteiger partial charge in [0.15, 0.2) is 5.57 Å². The van der Waals surface area contributed by atoms with Gasteiger partial charge in [-0.15, -0.1) is 0 Å². The van der Waals surface area contributed by atoms with Gasteiger partial charge >= 0.3 is 0 Å². The number of hydrogen-bond acceptors (Lipinski definition) is 8. The summed E-state index contributed by atoms with van der Waals surface area (Å²) in [5.41, 5.74) is 0.123. The highest BCUT2D eigenvalue weighted by Crippen LogP contribution is 2.23. The lowest BCUT2D eigenvalue weighted by atomic mass is 10.1. The molecule has 0 aromatic heterocycles. The predicted octanol–water partition coefficient (Wildman–Crippen LogP) is 1.49. The first-order chi connectivity index (χ1) is 13.4. The fraction of sp³-hybridized carbons (Fsp3) is 0.789. The Labute approximate surface area is 169 Å². The first-order valence-electron chi connectivity index (χ1n) is 9.98. The molecule has 0 spiro atoms. The summed E-state index contributed by atoms with van der Waals surface area (Å²) in [6, 6.07) is 4.70. The highest BCUT2D eigenvalue weighted by Gasteiger charge is 2.26. The Hall–Kier alpha value is -1.81. The molecule has 0 bridgehead atoms. The maximum absolute atomic E-state index is 11.1. The van der Waals surface area contributed by atoms with Crippen LogP contribution in [0.4, 0.5) is 0 Å². The van der Waals surface area contributed by atoms with Crippen LogP contribution in [0.2, 0.25) is 0 Å². The Morgan fingerprint density at radius 1 is 1.07 bits per heavy atom. The van der Waals surface area contributed by atoms with Crippen molar-refractivity contribution >= 4 is 10.1 Å². The van der Waals surface area contributed by atoms with Crippen LogP contribution in [0, 0.1) is 22.7 Å². The largest absolute Gasteiger partial charge is 0.356 e. The van der Waals surface area contributed by atoms with Gasteiger partial charge in [-0.1, -0.05) is 0 Å². The second-order valence-electron chi connectivity index (χ2n) is 7.51. The molecule has 0 amide bonds. The normalized spacial score (nSPS) is 20.9. The Morgan fingerprint density at radius 2 is 1.71 bits per heavy atom. The van der Waals surface area contributed by atoms with E-state index in [0.29, 0.717) is 24.8 Å². The second kappa shape index (κ2) is 10.7. The average Bonchev–Trinajstić information content (AvgIpc) is 3.05. The number of nitriles is 2. The summed E-state index contributed by atoms with van der Waals surface area (Å²) in [5, 5.41) is 18.9. The average molecular weight is 410 g/mol. The maximum Gasteiger partial charge on any atom is 0.264 e. The molecular formula is C19H31N5O3S. The van der Waals surface area contributed by atoms with Crippen molar-refractivity contribution in [1.82, 2.24) is 14.7 Å². The van der Waals surface area contributed by atoms with Crippen molar-refractivity contribution in [2.45, 2.75) is 45.1 Å². The van der Waals surface area contributed by atoms with E-state index in [1.54, 1.807) is 0 Å². The molecule has 2 rings (SSSR count). The van der Waals surface area contributed by atoms with E-state index >= 15 is 0 Å². The molecule has 156 valence electrons. The monoisotopic (exact) mass is 409 g/mol. The zero-order chi connectivity index (χ0) is 20.6. The van der Waals surface area contributed by atoms with Crippen LogP contribution in [0.5, 0.6) is 0 Å². The van der Waals surface area contributed by atoms with Crippen LogP contribution in [0.15, 0.2) is 11.4 Å². The zero-order valence-corrected chi connectivity index (χ0v) is 17.7. The molecule has 0 aromatic rings. The van der Waals surface area contributed by atoms with E-state index in [1.807, 2.05) is 17.0 Å². The van der Waals surface area contributed by atoms with E-state index in [2.05, 4.69) is 16.7 Å². The van der Waals surface area contributed by atoms with Crippen molar-refractivity contribution in [3.63, 3.8) is 0 Å². The minimum absolute atomic E-state index is 0.101. The summed E-state index contributed by atoms with van der Waals surface area (Å²) in [6.45, 7) is 7.49. The zero-order valence-electron chi connectivity index (χ0n) is 16.9. The molecule has 0 aromatic carbocycles. The standard InChI is InChI=1S/C19H31N5O3S/c1-17-7-3-8-22(17)9-4-10-23-11-5-12-24(19(23)18(15-20)16-21)13-6-14-27-28(2,25)26/h17H,3-14H2,1-2H3. The summed E-state index contributed by atoms with van der Waals surface area (Å²) < 4.78 is 27.0. The van der Waals surface area contributed by atoms with Crippen molar-refractivity contribution < 1.29 is 12.6 Å². The number of allylic oxidation sites excluding steroid dienone is 1. The highest BCUT2D eigenvalue weighted by molar-refractivity contribution is 7.85. The van der Waals surface area contributed by atoms with E-state index in [4.69, 9.17) is 4.18 Å².